The topological polar surface area (TPSA) is 124 Å². The van der Waals surface area contributed by atoms with E-state index in [4.69, 9.17) is 5.14 Å². The Balaban J connectivity index is 1.76. The Hall–Kier alpha value is -2.17. The first-order valence-electron chi connectivity index (χ1n) is 7.40. The summed E-state index contributed by atoms with van der Waals surface area (Å²) in [6.07, 6.45) is 1.29. The highest BCUT2D eigenvalue weighted by Gasteiger charge is 2.20. The molecule has 1 amide bonds. The molecule has 2 heterocycles. The Bertz CT molecular complexity index is 1010. The van der Waals surface area contributed by atoms with E-state index in [1.54, 1.807) is 13.0 Å². The largest absolute Gasteiger partial charge is 0.348 e. The highest BCUT2D eigenvalue weighted by molar-refractivity contribution is 7.99. The third-order valence-corrected chi connectivity index (χ3v) is 5.76. The molecule has 1 aromatic heterocycles. The maximum atomic E-state index is 12.3. The minimum absolute atomic E-state index is 0.00920. The number of nitrogens with zero attached hydrogens (tertiary/aromatic N) is 2. The van der Waals surface area contributed by atoms with Crippen molar-refractivity contribution in [2.45, 2.75) is 30.1 Å². The molecule has 0 atom stereocenters. The van der Waals surface area contributed by atoms with E-state index in [1.807, 2.05) is 0 Å². The number of aromatic nitrogens is 2. The third kappa shape index (κ3) is 3.60. The fourth-order valence-corrected chi connectivity index (χ4v) is 4.00. The number of amides is 1. The molecule has 0 radical (unpaired) electrons. The van der Waals surface area contributed by atoms with Gasteiger partial charge >= 0.3 is 0 Å². The first kappa shape index (κ1) is 17.6. The van der Waals surface area contributed by atoms with Crippen LogP contribution in [0.5, 0.6) is 0 Å². The van der Waals surface area contributed by atoms with Crippen LogP contribution in [0.15, 0.2) is 39.2 Å². The number of benzene rings is 1. The quantitative estimate of drug-likeness (QED) is 0.732. The highest BCUT2D eigenvalue weighted by Crippen LogP contribution is 2.20. The van der Waals surface area contributed by atoms with Gasteiger partial charge in [-0.2, -0.15) is 0 Å². The van der Waals surface area contributed by atoms with Crippen LogP contribution < -0.4 is 16.0 Å². The number of rotatable bonds is 4. The van der Waals surface area contributed by atoms with E-state index < -0.39 is 15.9 Å². The number of fused-ring (bicyclic) bond motifs is 1. The summed E-state index contributed by atoms with van der Waals surface area (Å²) in [7, 11) is -3.77. The second-order valence-corrected chi connectivity index (χ2v) is 8.20. The van der Waals surface area contributed by atoms with Crippen molar-refractivity contribution in [3.63, 3.8) is 0 Å². The molecule has 3 N–H and O–H groups in total. The molecular formula is C15H16N4O4S2. The van der Waals surface area contributed by atoms with Gasteiger partial charge in [-0.15, -0.1) is 0 Å². The van der Waals surface area contributed by atoms with Gasteiger partial charge < -0.3 is 5.32 Å². The first-order chi connectivity index (χ1) is 11.8. The fourth-order valence-electron chi connectivity index (χ4n) is 2.49. The summed E-state index contributed by atoms with van der Waals surface area (Å²) in [5, 5.41) is 8.38. The molecule has 1 aromatic carbocycles. The lowest BCUT2D eigenvalue weighted by atomic mass is 10.1. The van der Waals surface area contributed by atoms with Crippen molar-refractivity contribution in [2.75, 3.05) is 5.75 Å². The van der Waals surface area contributed by atoms with Crippen LogP contribution in [0.3, 0.4) is 0 Å². The predicted octanol–water partition coefficient (Wildman–Crippen LogP) is 0.235. The summed E-state index contributed by atoms with van der Waals surface area (Å²) in [6.45, 7) is 2.42. The minimum Gasteiger partial charge on any atom is -0.348 e. The van der Waals surface area contributed by atoms with Crippen molar-refractivity contribution in [3.05, 3.63) is 51.4 Å². The van der Waals surface area contributed by atoms with Gasteiger partial charge in [-0.1, -0.05) is 17.8 Å². The van der Waals surface area contributed by atoms with E-state index in [0.717, 1.165) is 11.3 Å². The van der Waals surface area contributed by atoms with Crippen molar-refractivity contribution in [1.82, 2.24) is 14.9 Å². The first-order valence-corrected chi connectivity index (χ1v) is 9.94. The second-order valence-electron chi connectivity index (χ2n) is 5.58. The molecule has 2 aromatic rings. The van der Waals surface area contributed by atoms with Gasteiger partial charge in [0.2, 0.25) is 10.0 Å². The Kier molecular flexibility index (Phi) is 4.67. The molecule has 0 bridgehead atoms. The molecule has 1 aliphatic rings. The number of carbonyl (C=O) groups excluding carboxylic acids is 1. The molecule has 132 valence electrons. The standard InChI is InChI=1S/C15H16N4O4S2/c1-9-6-11(25(16,22)23)3-2-10(9)7-17-13(20)12-8-18-15-19(14(12)21)4-5-24-15/h2-3,6,8H,4-5,7H2,1H3,(H,17,20)(H2,16,22,23). The van der Waals surface area contributed by atoms with Gasteiger partial charge in [-0.05, 0) is 30.2 Å². The Morgan fingerprint density at radius 2 is 2.20 bits per heavy atom. The lowest BCUT2D eigenvalue weighted by Gasteiger charge is -2.10. The van der Waals surface area contributed by atoms with Crippen molar-refractivity contribution in [2.24, 2.45) is 5.14 Å². The van der Waals surface area contributed by atoms with Crippen LogP contribution in [0.2, 0.25) is 0 Å². The maximum absolute atomic E-state index is 12.3. The van der Waals surface area contributed by atoms with Crippen LogP contribution in [0, 0.1) is 6.92 Å². The molecule has 0 spiro atoms. The summed E-state index contributed by atoms with van der Waals surface area (Å²) in [4.78, 5) is 28.7. The van der Waals surface area contributed by atoms with Crippen molar-refractivity contribution >= 4 is 27.7 Å². The molecule has 8 nitrogen and oxygen atoms in total. The normalized spacial score (nSPS) is 13.5. The van der Waals surface area contributed by atoms with Crippen molar-refractivity contribution in [3.8, 4) is 0 Å². The van der Waals surface area contributed by atoms with Crippen molar-refractivity contribution in [1.29, 1.82) is 0 Å². The Labute approximate surface area is 148 Å². The van der Waals surface area contributed by atoms with Crippen LogP contribution in [0.25, 0.3) is 0 Å². The molecule has 0 saturated carbocycles. The molecule has 0 saturated heterocycles. The number of primary sulfonamides is 1. The number of sulfonamides is 1. The predicted molar refractivity (Wildman–Crippen MR) is 92.9 cm³/mol. The van der Waals surface area contributed by atoms with E-state index in [2.05, 4.69) is 10.3 Å². The van der Waals surface area contributed by atoms with Crippen LogP contribution in [0.4, 0.5) is 0 Å². The van der Waals surface area contributed by atoms with Gasteiger partial charge in [-0.25, -0.2) is 18.5 Å². The zero-order valence-electron chi connectivity index (χ0n) is 13.4. The smallest absolute Gasteiger partial charge is 0.267 e. The summed E-state index contributed by atoms with van der Waals surface area (Å²) >= 11 is 1.48. The number of hydrogen-bond donors (Lipinski definition) is 2. The summed E-state index contributed by atoms with van der Waals surface area (Å²) < 4.78 is 24.2. The minimum atomic E-state index is -3.77. The molecule has 25 heavy (non-hydrogen) atoms. The number of carbonyl (C=O) groups is 1. The molecule has 0 unspecified atom stereocenters. The van der Waals surface area contributed by atoms with E-state index >= 15 is 0 Å². The SMILES string of the molecule is Cc1cc(S(N)(=O)=O)ccc1CNC(=O)c1cnc2n(c1=O)CCS2. The zero-order valence-corrected chi connectivity index (χ0v) is 15.0. The molecule has 0 fully saturated rings. The maximum Gasteiger partial charge on any atom is 0.267 e. The highest BCUT2D eigenvalue weighted by atomic mass is 32.2. The van der Waals surface area contributed by atoms with Gasteiger partial charge in [0.25, 0.3) is 11.5 Å². The van der Waals surface area contributed by atoms with Gasteiger partial charge in [0.15, 0.2) is 5.16 Å². The third-order valence-electron chi connectivity index (χ3n) is 3.88. The van der Waals surface area contributed by atoms with Gasteiger partial charge in [-0.3, -0.25) is 14.2 Å². The van der Waals surface area contributed by atoms with Gasteiger partial charge in [0, 0.05) is 25.0 Å². The van der Waals surface area contributed by atoms with E-state index in [1.165, 1.54) is 34.7 Å². The number of nitrogens with one attached hydrogen (secondary N) is 1. The molecule has 3 rings (SSSR count). The van der Waals surface area contributed by atoms with Gasteiger partial charge in [0.05, 0.1) is 4.90 Å². The van der Waals surface area contributed by atoms with E-state index in [0.29, 0.717) is 17.3 Å². The second kappa shape index (κ2) is 6.62. The Morgan fingerprint density at radius 1 is 1.44 bits per heavy atom. The summed E-state index contributed by atoms with van der Waals surface area (Å²) in [5.41, 5.74) is 1.04. The lowest BCUT2D eigenvalue weighted by Crippen LogP contribution is -2.33. The van der Waals surface area contributed by atoms with Crippen LogP contribution >= 0.6 is 11.8 Å². The number of aryl methyl sites for hydroxylation is 1. The van der Waals surface area contributed by atoms with Crippen LogP contribution in [-0.2, 0) is 23.1 Å². The Morgan fingerprint density at radius 3 is 2.88 bits per heavy atom. The van der Waals surface area contributed by atoms with Crippen LogP contribution in [0.1, 0.15) is 21.5 Å². The zero-order chi connectivity index (χ0) is 18.2. The van der Waals surface area contributed by atoms with Crippen molar-refractivity contribution < 1.29 is 13.2 Å². The molecule has 0 aliphatic carbocycles. The van der Waals surface area contributed by atoms with Crippen LogP contribution in [-0.4, -0.2) is 29.6 Å². The average molecular weight is 380 g/mol. The number of thioether (sulfide) groups is 1. The molecule has 10 heteroatoms. The molecule has 1 aliphatic heterocycles. The molecular weight excluding hydrogens is 364 g/mol. The lowest BCUT2D eigenvalue weighted by molar-refractivity contribution is 0.0948. The average Bonchev–Trinajstić information content (AvgIpc) is 3.02. The van der Waals surface area contributed by atoms with E-state index in [9.17, 15) is 18.0 Å². The number of hydrogen-bond acceptors (Lipinski definition) is 6. The fraction of sp³-hybridized carbons (Fsp3) is 0.267. The summed E-state index contributed by atoms with van der Waals surface area (Å²) in [5.74, 6) is 0.253. The van der Waals surface area contributed by atoms with Gasteiger partial charge in [0.1, 0.15) is 5.56 Å². The monoisotopic (exact) mass is 380 g/mol. The summed E-state index contributed by atoms with van der Waals surface area (Å²) in [6, 6.07) is 4.41. The van der Waals surface area contributed by atoms with E-state index in [-0.39, 0.29) is 22.6 Å². The number of nitrogens with two attached hydrogens (primary N) is 1.